The smallest absolute Gasteiger partial charge is 0.404 e. The van der Waals surface area contributed by atoms with Gasteiger partial charge in [-0.25, -0.2) is 4.79 Å². The van der Waals surface area contributed by atoms with Gasteiger partial charge in [0.05, 0.1) is 5.02 Å². The van der Waals surface area contributed by atoms with Crippen molar-refractivity contribution < 1.29 is 15.0 Å². The van der Waals surface area contributed by atoms with Crippen molar-refractivity contribution in [3.63, 3.8) is 0 Å². The zero-order valence-corrected chi connectivity index (χ0v) is 12.9. The van der Waals surface area contributed by atoms with Crippen molar-refractivity contribution >= 4 is 17.7 Å². The highest BCUT2D eigenvalue weighted by atomic mass is 35.5. The van der Waals surface area contributed by atoms with Crippen molar-refractivity contribution in [1.29, 1.82) is 0 Å². The average Bonchev–Trinajstić information content (AvgIpc) is 2.97. The number of hydrogen-bond donors (Lipinski definition) is 4. The fourth-order valence-electron chi connectivity index (χ4n) is 3.26. The lowest BCUT2D eigenvalue weighted by molar-refractivity contribution is 0.195. The summed E-state index contributed by atoms with van der Waals surface area (Å²) in [6.07, 6.45) is -0.961. The minimum Gasteiger partial charge on any atom is -0.506 e. The number of aromatic hydroxyl groups is 1. The third-order valence-electron chi connectivity index (χ3n) is 4.27. The molecular formula is C15H21ClN2O3. The van der Waals surface area contributed by atoms with Gasteiger partial charge in [-0.15, -0.1) is 0 Å². The SMILES string of the molecule is CC1c2cc(Cl)c(O)cc2C2CNCC12.CCNC(=O)O. The summed E-state index contributed by atoms with van der Waals surface area (Å²) in [5, 5.41) is 23.5. The first-order valence-corrected chi connectivity index (χ1v) is 7.53. The van der Waals surface area contributed by atoms with Gasteiger partial charge in [0, 0.05) is 19.0 Å². The van der Waals surface area contributed by atoms with Crippen molar-refractivity contribution in [2.24, 2.45) is 5.92 Å². The molecule has 4 N–H and O–H groups in total. The summed E-state index contributed by atoms with van der Waals surface area (Å²) in [4.78, 5) is 9.49. The molecule has 1 heterocycles. The molecule has 6 heteroatoms. The number of amides is 1. The van der Waals surface area contributed by atoms with Gasteiger partial charge in [0.1, 0.15) is 5.75 Å². The highest BCUT2D eigenvalue weighted by Crippen LogP contribution is 2.50. The highest BCUT2D eigenvalue weighted by Gasteiger charge is 2.41. The zero-order chi connectivity index (χ0) is 15.6. The van der Waals surface area contributed by atoms with E-state index in [-0.39, 0.29) is 5.75 Å². The van der Waals surface area contributed by atoms with E-state index in [0.717, 1.165) is 13.1 Å². The minimum atomic E-state index is -0.961. The van der Waals surface area contributed by atoms with E-state index >= 15 is 0 Å². The minimum absolute atomic E-state index is 0.218. The first-order valence-electron chi connectivity index (χ1n) is 7.15. The lowest BCUT2D eigenvalue weighted by atomic mass is 9.91. The van der Waals surface area contributed by atoms with Gasteiger partial charge in [-0.05, 0) is 48.6 Å². The molecule has 3 unspecified atom stereocenters. The topological polar surface area (TPSA) is 81.6 Å². The van der Waals surface area contributed by atoms with Gasteiger partial charge in [-0.1, -0.05) is 18.5 Å². The molecule has 1 aromatic rings. The number of rotatable bonds is 1. The predicted octanol–water partition coefficient (Wildman–Crippen LogP) is 2.74. The number of phenolic OH excluding ortho intramolecular Hbond substituents is 1. The molecule has 1 saturated heterocycles. The summed E-state index contributed by atoms with van der Waals surface area (Å²) >= 11 is 5.95. The summed E-state index contributed by atoms with van der Waals surface area (Å²) in [7, 11) is 0. The van der Waals surface area contributed by atoms with Crippen LogP contribution in [0.5, 0.6) is 5.75 Å². The molecule has 0 aromatic heterocycles. The van der Waals surface area contributed by atoms with Crippen LogP contribution in [0, 0.1) is 5.92 Å². The van der Waals surface area contributed by atoms with E-state index in [9.17, 15) is 9.90 Å². The Hall–Kier alpha value is -1.46. The van der Waals surface area contributed by atoms with E-state index in [1.165, 1.54) is 11.1 Å². The molecule has 2 aliphatic rings. The number of phenols is 1. The third kappa shape index (κ3) is 3.24. The van der Waals surface area contributed by atoms with Gasteiger partial charge in [0.25, 0.3) is 0 Å². The Balaban J connectivity index is 0.000000232. The predicted molar refractivity (Wildman–Crippen MR) is 82.3 cm³/mol. The normalized spacial score (nSPS) is 25.6. The number of halogens is 1. The van der Waals surface area contributed by atoms with Crippen LogP contribution in [0.25, 0.3) is 0 Å². The Kier molecular flexibility index (Phi) is 4.96. The number of benzene rings is 1. The molecule has 1 aliphatic carbocycles. The number of nitrogens with one attached hydrogen (secondary N) is 2. The quantitative estimate of drug-likeness (QED) is 0.643. The lowest BCUT2D eigenvalue weighted by Crippen LogP contribution is -2.19. The van der Waals surface area contributed by atoms with Crippen LogP contribution in [0.3, 0.4) is 0 Å². The van der Waals surface area contributed by atoms with Crippen molar-refractivity contribution in [2.45, 2.75) is 25.7 Å². The van der Waals surface area contributed by atoms with Crippen molar-refractivity contribution in [1.82, 2.24) is 10.6 Å². The number of carboxylic acid groups (broad SMARTS) is 1. The van der Waals surface area contributed by atoms with Gasteiger partial charge < -0.3 is 20.8 Å². The molecule has 3 atom stereocenters. The van der Waals surface area contributed by atoms with E-state index in [1.54, 1.807) is 6.92 Å². The molecule has 116 valence electrons. The van der Waals surface area contributed by atoms with Crippen molar-refractivity contribution in [2.75, 3.05) is 19.6 Å². The molecule has 21 heavy (non-hydrogen) atoms. The maximum atomic E-state index is 9.64. The van der Waals surface area contributed by atoms with E-state index in [4.69, 9.17) is 16.7 Å². The largest absolute Gasteiger partial charge is 0.506 e. The molecule has 0 bridgehead atoms. The number of hydrogen-bond acceptors (Lipinski definition) is 3. The van der Waals surface area contributed by atoms with E-state index in [2.05, 4.69) is 17.6 Å². The fourth-order valence-corrected chi connectivity index (χ4v) is 3.43. The third-order valence-corrected chi connectivity index (χ3v) is 4.58. The van der Waals surface area contributed by atoms with Crippen LogP contribution in [-0.2, 0) is 0 Å². The van der Waals surface area contributed by atoms with E-state index in [1.807, 2.05) is 12.1 Å². The Morgan fingerprint density at radius 1 is 1.43 bits per heavy atom. The van der Waals surface area contributed by atoms with Crippen molar-refractivity contribution in [3.8, 4) is 5.75 Å². The number of carbonyl (C=O) groups is 1. The Labute approximate surface area is 129 Å². The Morgan fingerprint density at radius 3 is 2.71 bits per heavy atom. The maximum absolute atomic E-state index is 9.64. The molecule has 5 nitrogen and oxygen atoms in total. The standard InChI is InChI=1S/C12H14ClNO.C3H7NO2/c1-6-7-2-11(13)12(15)3-8(7)10-5-14-4-9(6)10;1-2-4-3(5)6/h2-3,6,9-10,14-15H,4-5H2,1H3;4H,2H2,1H3,(H,5,6). The van der Waals surface area contributed by atoms with Gasteiger partial charge in [0.15, 0.2) is 0 Å². The second-order valence-electron chi connectivity index (χ2n) is 5.49. The van der Waals surface area contributed by atoms with Crippen LogP contribution in [-0.4, -0.2) is 35.9 Å². The molecule has 1 aromatic carbocycles. The molecule has 0 saturated carbocycles. The molecule has 1 aliphatic heterocycles. The monoisotopic (exact) mass is 312 g/mol. The molecule has 0 radical (unpaired) electrons. The molecule has 0 spiro atoms. The Morgan fingerprint density at radius 2 is 2.14 bits per heavy atom. The summed E-state index contributed by atoms with van der Waals surface area (Å²) in [6.45, 7) is 6.58. The van der Waals surface area contributed by atoms with E-state index < -0.39 is 6.09 Å². The fraction of sp³-hybridized carbons (Fsp3) is 0.533. The second-order valence-corrected chi connectivity index (χ2v) is 5.89. The molecule has 1 amide bonds. The molecule has 3 rings (SSSR count). The molecular weight excluding hydrogens is 292 g/mol. The number of fused-ring (bicyclic) bond motifs is 3. The van der Waals surface area contributed by atoms with Gasteiger partial charge >= 0.3 is 6.09 Å². The van der Waals surface area contributed by atoms with Crippen LogP contribution in [0.15, 0.2) is 12.1 Å². The average molecular weight is 313 g/mol. The van der Waals surface area contributed by atoms with Crippen molar-refractivity contribution in [3.05, 3.63) is 28.3 Å². The first kappa shape index (κ1) is 15.9. The Bertz CT molecular complexity index is 536. The lowest BCUT2D eigenvalue weighted by Gasteiger charge is -2.12. The van der Waals surface area contributed by atoms with Crippen LogP contribution in [0.1, 0.15) is 36.8 Å². The van der Waals surface area contributed by atoms with Crippen LogP contribution < -0.4 is 10.6 Å². The van der Waals surface area contributed by atoms with Crippen LogP contribution in [0.4, 0.5) is 4.79 Å². The highest BCUT2D eigenvalue weighted by molar-refractivity contribution is 6.32. The zero-order valence-electron chi connectivity index (χ0n) is 12.2. The maximum Gasteiger partial charge on any atom is 0.404 e. The summed E-state index contributed by atoms with van der Waals surface area (Å²) in [6, 6.07) is 3.79. The summed E-state index contributed by atoms with van der Waals surface area (Å²) in [5.41, 5.74) is 2.62. The summed E-state index contributed by atoms with van der Waals surface area (Å²) in [5.74, 6) is 2.02. The van der Waals surface area contributed by atoms with Crippen LogP contribution in [0.2, 0.25) is 5.02 Å². The van der Waals surface area contributed by atoms with Crippen LogP contribution >= 0.6 is 11.6 Å². The molecule has 1 fully saturated rings. The van der Waals surface area contributed by atoms with Gasteiger partial charge in [-0.2, -0.15) is 0 Å². The second kappa shape index (κ2) is 6.54. The van der Waals surface area contributed by atoms with E-state index in [0.29, 0.717) is 29.3 Å². The first-order chi connectivity index (χ1) is 9.95. The van der Waals surface area contributed by atoms with Gasteiger partial charge in [0.2, 0.25) is 0 Å². The van der Waals surface area contributed by atoms with Gasteiger partial charge in [-0.3, -0.25) is 0 Å². The summed E-state index contributed by atoms with van der Waals surface area (Å²) < 4.78 is 0.